The van der Waals surface area contributed by atoms with Crippen molar-refractivity contribution in [2.24, 2.45) is 5.92 Å². The van der Waals surface area contributed by atoms with Crippen LogP contribution in [-0.2, 0) is 0 Å². The second kappa shape index (κ2) is 4.16. The number of benzene rings is 1. The third-order valence-electron chi connectivity index (χ3n) is 3.41. The Bertz CT molecular complexity index is 408. The molecule has 1 heterocycles. The Morgan fingerprint density at radius 3 is 2.75 bits per heavy atom. The van der Waals surface area contributed by atoms with Gasteiger partial charge in [-0.1, -0.05) is 13.0 Å². The first-order chi connectivity index (χ1) is 7.63. The van der Waals surface area contributed by atoms with E-state index in [1.165, 1.54) is 6.42 Å². The Morgan fingerprint density at radius 1 is 1.50 bits per heavy atom. The van der Waals surface area contributed by atoms with Gasteiger partial charge in [0.25, 0.3) is 0 Å². The van der Waals surface area contributed by atoms with Crippen LogP contribution in [0, 0.1) is 12.8 Å². The second-order valence-corrected chi connectivity index (χ2v) is 4.43. The highest BCUT2D eigenvalue weighted by molar-refractivity contribution is 5.91. The number of nitrogens with zero attached hydrogens (tertiary/aromatic N) is 1. The van der Waals surface area contributed by atoms with Crippen LogP contribution in [0.5, 0.6) is 0 Å². The smallest absolute Gasteiger partial charge is 0.336 e. The molecule has 2 rings (SSSR count). The molecule has 1 aromatic rings. The molecule has 3 nitrogen and oxygen atoms in total. The Hall–Kier alpha value is -1.51. The molecule has 0 spiro atoms. The van der Waals surface area contributed by atoms with E-state index in [-0.39, 0.29) is 0 Å². The van der Waals surface area contributed by atoms with E-state index in [4.69, 9.17) is 5.11 Å². The fourth-order valence-electron chi connectivity index (χ4n) is 2.22. The van der Waals surface area contributed by atoms with E-state index in [0.29, 0.717) is 5.56 Å². The summed E-state index contributed by atoms with van der Waals surface area (Å²) in [5.74, 6) is -0.0696. The van der Waals surface area contributed by atoms with E-state index in [1.54, 1.807) is 6.07 Å². The highest BCUT2D eigenvalue weighted by atomic mass is 16.4. The molecule has 0 unspecified atom stereocenters. The average molecular weight is 219 g/mol. The standard InChI is InChI=1S/C13H17NO2/c1-3-10-7-14(8-10)12-6-4-5-11(9(12)2)13(15)16/h4-6,10H,3,7-8H2,1-2H3,(H,15,16). The maximum absolute atomic E-state index is 11.0. The summed E-state index contributed by atoms with van der Waals surface area (Å²) in [5.41, 5.74) is 2.37. The van der Waals surface area contributed by atoms with Crippen LogP contribution < -0.4 is 4.90 Å². The van der Waals surface area contributed by atoms with Crippen LogP contribution in [0.2, 0.25) is 0 Å². The van der Waals surface area contributed by atoms with Crippen LogP contribution in [-0.4, -0.2) is 24.2 Å². The molecule has 0 radical (unpaired) electrons. The number of carboxylic acids is 1. The Morgan fingerprint density at radius 2 is 2.19 bits per heavy atom. The molecule has 1 saturated heterocycles. The summed E-state index contributed by atoms with van der Waals surface area (Å²) in [6.07, 6.45) is 1.20. The molecule has 16 heavy (non-hydrogen) atoms. The molecule has 1 aromatic carbocycles. The molecular weight excluding hydrogens is 202 g/mol. The molecule has 0 aromatic heterocycles. The topological polar surface area (TPSA) is 40.5 Å². The minimum absolute atomic E-state index is 0.414. The number of carbonyl (C=O) groups is 1. The lowest BCUT2D eigenvalue weighted by atomic mass is 9.94. The van der Waals surface area contributed by atoms with Gasteiger partial charge in [-0.3, -0.25) is 0 Å². The third kappa shape index (κ3) is 1.77. The van der Waals surface area contributed by atoms with Gasteiger partial charge in [0.2, 0.25) is 0 Å². The van der Waals surface area contributed by atoms with Crippen LogP contribution in [0.25, 0.3) is 0 Å². The lowest BCUT2D eigenvalue weighted by Gasteiger charge is -2.41. The van der Waals surface area contributed by atoms with E-state index < -0.39 is 5.97 Å². The Labute approximate surface area is 95.7 Å². The first-order valence-electron chi connectivity index (χ1n) is 5.71. The van der Waals surface area contributed by atoms with Gasteiger partial charge in [0, 0.05) is 18.8 Å². The predicted octanol–water partition coefficient (Wildman–Crippen LogP) is 2.54. The van der Waals surface area contributed by atoms with Gasteiger partial charge in [-0.05, 0) is 37.0 Å². The number of aromatic carboxylic acids is 1. The number of hydrogen-bond acceptors (Lipinski definition) is 2. The summed E-state index contributed by atoms with van der Waals surface area (Å²) in [7, 11) is 0. The molecular formula is C13H17NO2. The van der Waals surface area contributed by atoms with Gasteiger partial charge >= 0.3 is 5.97 Å². The van der Waals surface area contributed by atoms with Crippen LogP contribution in [0.1, 0.15) is 29.3 Å². The van der Waals surface area contributed by atoms with Gasteiger partial charge in [-0.25, -0.2) is 4.79 Å². The fraction of sp³-hybridized carbons (Fsp3) is 0.462. The van der Waals surface area contributed by atoms with Crippen LogP contribution in [0.15, 0.2) is 18.2 Å². The molecule has 0 aliphatic carbocycles. The van der Waals surface area contributed by atoms with Crippen molar-refractivity contribution < 1.29 is 9.90 Å². The zero-order valence-corrected chi connectivity index (χ0v) is 9.73. The van der Waals surface area contributed by atoms with E-state index >= 15 is 0 Å². The van der Waals surface area contributed by atoms with Crippen molar-refractivity contribution in [2.75, 3.05) is 18.0 Å². The van der Waals surface area contributed by atoms with E-state index in [2.05, 4.69) is 11.8 Å². The summed E-state index contributed by atoms with van der Waals surface area (Å²) < 4.78 is 0. The van der Waals surface area contributed by atoms with Gasteiger partial charge < -0.3 is 10.0 Å². The van der Waals surface area contributed by atoms with Crippen molar-refractivity contribution in [1.29, 1.82) is 0 Å². The third-order valence-corrected chi connectivity index (χ3v) is 3.41. The molecule has 86 valence electrons. The van der Waals surface area contributed by atoms with E-state index in [0.717, 1.165) is 30.3 Å². The number of carboxylic acid groups (broad SMARTS) is 1. The maximum atomic E-state index is 11.0. The van der Waals surface area contributed by atoms with Crippen molar-refractivity contribution in [3.05, 3.63) is 29.3 Å². The largest absolute Gasteiger partial charge is 0.478 e. The maximum Gasteiger partial charge on any atom is 0.336 e. The summed E-state index contributed by atoms with van der Waals surface area (Å²) >= 11 is 0. The zero-order valence-electron chi connectivity index (χ0n) is 9.73. The quantitative estimate of drug-likeness (QED) is 0.849. The summed E-state index contributed by atoms with van der Waals surface area (Å²) in [6.45, 7) is 6.20. The molecule has 0 bridgehead atoms. The SMILES string of the molecule is CCC1CN(c2cccc(C(=O)O)c2C)C1. The van der Waals surface area contributed by atoms with Gasteiger partial charge in [0.1, 0.15) is 0 Å². The van der Waals surface area contributed by atoms with Crippen molar-refractivity contribution in [1.82, 2.24) is 0 Å². The summed E-state index contributed by atoms with van der Waals surface area (Å²) in [4.78, 5) is 13.3. The average Bonchev–Trinajstić information content (AvgIpc) is 2.18. The Kier molecular flexibility index (Phi) is 2.86. The molecule has 1 fully saturated rings. The van der Waals surface area contributed by atoms with Crippen molar-refractivity contribution in [3.63, 3.8) is 0 Å². The van der Waals surface area contributed by atoms with Gasteiger partial charge in [-0.2, -0.15) is 0 Å². The zero-order chi connectivity index (χ0) is 11.7. The van der Waals surface area contributed by atoms with Gasteiger partial charge in [0.15, 0.2) is 0 Å². The summed E-state index contributed by atoms with van der Waals surface area (Å²) in [5, 5.41) is 9.04. The molecule has 1 aliphatic rings. The number of anilines is 1. The molecule has 0 saturated carbocycles. The lowest BCUT2D eigenvalue weighted by Crippen LogP contribution is -2.46. The first-order valence-corrected chi connectivity index (χ1v) is 5.71. The minimum atomic E-state index is -0.841. The van der Waals surface area contributed by atoms with Gasteiger partial charge in [-0.15, -0.1) is 0 Å². The van der Waals surface area contributed by atoms with E-state index in [1.807, 2.05) is 19.1 Å². The van der Waals surface area contributed by atoms with Crippen LogP contribution in [0.3, 0.4) is 0 Å². The van der Waals surface area contributed by atoms with Crippen LogP contribution in [0.4, 0.5) is 5.69 Å². The first kappa shape index (κ1) is 11.0. The van der Waals surface area contributed by atoms with E-state index in [9.17, 15) is 4.79 Å². The lowest BCUT2D eigenvalue weighted by molar-refractivity contribution is 0.0696. The molecule has 1 aliphatic heterocycles. The summed E-state index contributed by atoms with van der Waals surface area (Å²) in [6, 6.07) is 5.50. The molecule has 0 amide bonds. The number of hydrogen-bond donors (Lipinski definition) is 1. The molecule has 0 atom stereocenters. The predicted molar refractivity (Wildman–Crippen MR) is 64.1 cm³/mol. The van der Waals surface area contributed by atoms with Crippen molar-refractivity contribution in [2.45, 2.75) is 20.3 Å². The minimum Gasteiger partial charge on any atom is -0.478 e. The van der Waals surface area contributed by atoms with Crippen molar-refractivity contribution >= 4 is 11.7 Å². The van der Waals surface area contributed by atoms with Gasteiger partial charge in [0.05, 0.1) is 5.56 Å². The Balaban J connectivity index is 2.23. The molecule has 3 heteroatoms. The fourth-order valence-corrected chi connectivity index (χ4v) is 2.22. The molecule has 1 N–H and O–H groups in total. The highest BCUT2D eigenvalue weighted by Crippen LogP contribution is 2.30. The highest BCUT2D eigenvalue weighted by Gasteiger charge is 2.27. The normalized spacial score (nSPS) is 16.0. The second-order valence-electron chi connectivity index (χ2n) is 4.43. The van der Waals surface area contributed by atoms with Crippen LogP contribution >= 0.6 is 0 Å². The monoisotopic (exact) mass is 219 g/mol. The van der Waals surface area contributed by atoms with Crippen molar-refractivity contribution in [3.8, 4) is 0 Å². The number of rotatable bonds is 3.